The smallest absolute Gasteiger partial charge is 0.410 e. The maximum Gasteiger partial charge on any atom is 0.410 e. The number of hydrogen-bond acceptors (Lipinski definition) is 8. The Morgan fingerprint density at radius 2 is 1.89 bits per heavy atom. The van der Waals surface area contributed by atoms with Gasteiger partial charge >= 0.3 is 12.1 Å². The van der Waals surface area contributed by atoms with Gasteiger partial charge in [-0.2, -0.15) is 9.97 Å². The number of amides is 1. The van der Waals surface area contributed by atoms with Gasteiger partial charge in [-0.15, -0.1) is 6.42 Å². The lowest BCUT2D eigenvalue weighted by molar-refractivity contribution is 0.00427. The van der Waals surface area contributed by atoms with Crippen molar-refractivity contribution in [1.29, 1.82) is 0 Å². The van der Waals surface area contributed by atoms with E-state index in [1.54, 1.807) is 18.2 Å². The number of hydrogen-bond donors (Lipinski definition) is 0. The SMILES string of the molecule is C#Cc1c(F)ccc2cccc(-c3nc4c5c(nc(OC[C@@]67CCCN6C[C@H](F)C7)nc5c3F)N3C[C@H]5CC[C@@H]([C@@H]3[C@@H](C)[C@H]4C)N5C(=O)OC(C)(C)C)c12. The Kier molecular flexibility index (Phi) is 8.09. The molecule has 12 heteroatoms. The molecule has 4 saturated heterocycles. The molecule has 2 bridgehead atoms. The number of aromatic nitrogens is 3. The Bertz CT molecular complexity index is 2260. The molecule has 54 heavy (non-hydrogen) atoms. The van der Waals surface area contributed by atoms with E-state index < -0.39 is 28.9 Å². The van der Waals surface area contributed by atoms with Crippen LogP contribution in [0.4, 0.5) is 23.8 Å². The average molecular weight is 739 g/mol. The molecular weight excluding hydrogens is 693 g/mol. The molecule has 9 rings (SSSR count). The second-order valence-corrected chi connectivity index (χ2v) is 17.0. The summed E-state index contributed by atoms with van der Waals surface area (Å²) < 4.78 is 59.8. The molecule has 9 nitrogen and oxygen atoms in total. The molecule has 0 aliphatic carbocycles. The zero-order valence-electron chi connectivity index (χ0n) is 31.3. The second-order valence-electron chi connectivity index (χ2n) is 17.0. The number of carbonyl (C=O) groups excluding carboxylic acids is 1. The summed E-state index contributed by atoms with van der Waals surface area (Å²) in [5.41, 5.74) is -0.0814. The molecule has 0 N–H and O–H groups in total. The van der Waals surface area contributed by atoms with E-state index in [1.165, 1.54) is 6.07 Å². The van der Waals surface area contributed by atoms with Gasteiger partial charge in [0.1, 0.15) is 41.2 Å². The summed E-state index contributed by atoms with van der Waals surface area (Å²) in [6.45, 7) is 11.6. The summed E-state index contributed by atoms with van der Waals surface area (Å²) in [6, 6.07) is 7.70. The number of terminal acetylenes is 1. The van der Waals surface area contributed by atoms with Crippen molar-refractivity contribution in [1.82, 2.24) is 24.8 Å². The van der Waals surface area contributed by atoms with E-state index in [-0.39, 0.29) is 65.4 Å². The van der Waals surface area contributed by atoms with E-state index >= 15 is 8.78 Å². The molecule has 4 aromatic rings. The molecule has 5 aliphatic heterocycles. The van der Waals surface area contributed by atoms with Crippen LogP contribution < -0.4 is 9.64 Å². The molecule has 2 aromatic carbocycles. The molecule has 7 heterocycles. The fourth-order valence-electron chi connectivity index (χ4n) is 10.3. The van der Waals surface area contributed by atoms with Gasteiger partial charge in [-0.25, -0.2) is 22.9 Å². The van der Waals surface area contributed by atoms with E-state index in [0.29, 0.717) is 52.7 Å². The van der Waals surface area contributed by atoms with Crippen molar-refractivity contribution < 1.29 is 27.4 Å². The topological polar surface area (TPSA) is 83.9 Å². The fraction of sp³-hybridized carbons (Fsp3) is 0.524. The summed E-state index contributed by atoms with van der Waals surface area (Å²) in [5.74, 6) is 1.40. The fourth-order valence-corrected chi connectivity index (χ4v) is 10.3. The Hall–Kier alpha value is -4.63. The van der Waals surface area contributed by atoms with Gasteiger partial charge in [0.2, 0.25) is 0 Å². The minimum absolute atomic E-state index is 0.000754. The molecule has 7 atom stereocenters. The van der Waals surface area contributed by atoms with Crippen LogP contribution in [0.3, 0.4) is 0 Å². The van der Waals surface area contributed by atoms with Gasteiger partial charge in [0.15, 0.2) is 5.82 Å². The normalized spacial score (nSPS) is 28.9. The maximum absolute atomic E-state index is 17.5. The van der Waals surface area contributed by atoms with Crippen molar-refractivity contribution in [3.05, 3.63) is 53.2 Å². The average Bonchev–Trinajstić information content (AvgIpc) is 3.75. The first-order valence-electron chi connectivity index (χ1n) is 19.2. The van der Waals surface area contributed by atoms with Gasteiger partial charge in [0, 0.05) is 36.4 Å². The molecule has 0 saturated carbocycles. The third kappa shape index (κ3) is 5.32. The number of piperazine rings is 1. The van der Waals surface area contributed by atoms with Gasteiger partial charge in [0.25, 0.3) is 0 Å². The number of benzene rings is 2. The van der Waals surface area contributed by atoms with Crippen molar-refractivity contribution in [2.75, 3.05) is 31.1 Å². The number of carbonyl (C=O) groups is 1. The lowest BCUT2D eigenvalue weighted by atomic mass is 9.81. The summed E-state index contributed by atoms with van der Waals surface area (Å²) in [7, 11) is 0. The molecule has 1 amide bonds. The number of nitrogens with zero attached hydrogens (tertiary/aromatic N) is 6. The van der Waals surface area contributed by atoms with Crippen molar-refractivity contribution in [2.24, 2.45) is 5.92 Å². The van der Waals surface area contributed by atoms with Crippen molar-refractivity contribution >= 4 is 33.6 Å². The van der Waals surface area contributed by atoms with E-state index in [4.69, 9.17) is 30.8 Å². The summed E-state index contributed by atoms with van der Waals surface area (Å²) >= 11 is 0. The molecule has 0 unspecified atom stereocenters. The Labute approximate surface area is 313 Å². The van der Waals surface area contributed by atoms with Crippen LogP contribution in [-0.4, -0.2) is 92.5 Å². The van der Waals surface area contributed by atoms with Crippen LogP contribution in [-0.2, 0) is 4.74 Å². The Morgan fingerprint density at radius 3 is 2.67 bits per heavy atom. The van der Waals surface area contributed by atoms with E-state index in [2.05, 4.69) is 29.6 Å². The highest BCUT2D eigenvalue weighted by Crippen LogP contribution is 2.50. The molecule has 0 radical (unpaired) electrons. The lowest BCUT2D eigenvalue weighted by Crippen LogP contribution is -2.64. The second kappa shape index (κ2) is 12.4. The largest absolute Gasteiger partial charge is 0.461 e. The van der Waals surface area contributed by atoms with Crippen LogP contribution in [0.2, 0.25) is 0 Å². The number of ether oxygens (including phenoxy) is 2. The predicted octanol–water partition coefficient (Wildman–Crippen LogP) is 7.77. The highest BCUT2D eigenvalue weighted by molar-refractivity contribution is 6.03. The van der Waals surface area contributed by atoms with Crippen LogP contribution >= 0.6 is 0 Å². The molecule has 0 spiro atoms. The highest BCUT2D eigenvalue weighted by atomic mass is 19.1. The first-order chi connectivity index (χ1) is 25.8. The maximum atomic E-state index is 17.5. The number of anilines is 1. The molecular formula is C42H45F3N6O3. The van der Waals surface area contributed by atoms with E-state index in [0.717, 1.165) is 32.2 Å². The predicted molar refractivity (Wildman–Crippen MR) is 200 cm³/mol. The van der Waals surface area contributed by atoms with Crippen molar-refractivity contribution in [2.45, 2.75) is 108 Å². The number of alkyl halides is 1. The first kappa shape index (κ1) is 35.1. The van der Waals surface area contributed by atoms with E-state index in [9.17, 15) is 9.18 Å². The first-order valence-corrected chi connectivity index (χ1v) is 19.2. The van der Waals surface area contributed by atoms with Crippen molar-refractivity contribution in [3.63, 3.8) is 0 Å². The number of rotatable bonds is 4. The van der Waals surface area contributed by atoms with Crippen LogP contribution in [0, 0.1) is 29.9 Å². The van der Waals surface area contributed by atoms with Crippen LogP contribution in [0.1, 0.15) is 83.9 Å². The lowest BCUT2D eigenvalue weighted by Gasteiger charge is -2.49. The quantitative estimate of drug-likeness (QED) is 0.197. The number of fused-ring (bicyclic) bond motifs is 7. The molecule has 282 valence electrons. The Balaban J connectivity index is 1.24. The van der Waals surface area contributed by atoms with Crippen LogP contribution in [0.25, 0.3) is 32.9 Å². The summed E-state index contributed by atoms with van der Waals surface area (Å²) in [4.78, 5) is 35.0. The third-order valence-electron chi connectivity index (χ3n) is 12.7. The Morgan fingerprint density at radius 1 is 1.07 bits per heavy atom. The highest BCUT2D eigenvalue weighted by Gasteiger charge is 2.54. The summed E-state index contributed by atoms with van der Waals surface area (Å²) in [6.07, 6.45) is 8.24. The summed E-state index contributed by atoms with van der Waals surface area (Å²) in [5, 5.41) is 1.54. The van der Waals surface area contributed by atoms with Gasteiger partial charge < -0.3 is 14.4 Å². The zero-order valence-corrected chi connectivity index (χ0v) is 31.3. The van der Waals surface area contributed by atoms with Gasteiger partial charge in [-0.1, -0.05) is 44.0 Å². The zero-order chi connectivity index (χ0) is 37.8. The molecule has 4 fully saturated rings. The standard InChI is InChI=1S/C42H45F3N6O3/c1-7-27-29(44)14-12-24-10-8-11-28(31(24)27)35-33(45)36-32-34(46-35)22(2)23(3)37-30-15-13-26(51(30)40(52)54-41(4,5)6)20-50(37)38(32)48-39(47-36)53-21-42-16-9-17-49(42)19-25(43)18-42/h1,8,10-12,14,22-23,25-26,30,37H,9,13,15-21H2,2-6H3/t22-,23+,25-,26-,30+,37+,42+/m1/s1. The van der Waals surface area contributed by atoms with Crippen molar-refractivity contribution in [3.8, 4) is 29.6 Å². The number of halogens is 3. The molecule has 2 aromatic heterocycles. The minimum atomic E-state index is -0.941. The van der Waals surface area contributed by atoms with E-state index in [1.807, 2.05) is 31.7 Å². The van der Waals surface area contributed by atoms with Gasteiger partial charge in [0.05, 0.1) is 40.3 Å². The molecule has 5 aliphatic rings. The van der Waals surface area contributed by atoms with Crippen LogP contribution in [0.15, 0.2) is 30.3 Å². The van der Waals surface area contributed by atoms with Crippen LogP contribution in [0.5, 0.6) is 6.01 Å². The van der Waals surface area contributed by atoms with Gasteiger partial charge in [-0.05, 0) is 70.4 Å². The number of pyridine rings is 1. The minimum Gasteiger partial charge on any atom is -0.461 e. The monoisotopic (exact) mass is 738 g/mol. The third-order valence-corrected chi connectivity index (χ3v) is 12.7. The van der Waals surface area contributed by atoms with Gasteiger partial charge in [-0.3, -0.25) is 9.80 Å².